The Morgan fingerprint density at radius 1 is 1.32 bits per heavy atom. The second-order valence-corrected chi connectivity index (χ2v) is 4.89. The number of carbonyl (C=O) groups excluding carboxylic acids is 1. The van der Waals surface area contributed by atoms with Gasteiger partial charge in [-0.3, -0.25) is 4.79 Å². The lowest BCUT2D eigenvalue weighted by molar-refractivity contribution is -0.140. The summed E-state index contributed by atoms with van der Waals surface area (Å²) in [7, 11) is 0. The molecule has 2 heterocycles. The van der Waals surface area contributed by atoms with Crippen LogP contribution in [0.3, 0.4) is 0 Å². The highest BCUT2D eigenvalue weighted by Gasteiger charge is 2.33. The van der Waals surface area contributed by atoms with Crippen molar-refractivity contribution >= 4 is 11.6 Å². The Labute approximate surface area is 111 Å². The molecule has 0 spiro atoms. The third kappa shape index (κ3) is 2.28. The van der Waals surface area contributed by atoms with Crippen LogP contribution in [0.5, 0.6) is 5.75 Å². The summed E-state index contributed by atoms with van der Waals surface area (Å²) >= 11 is 0. The number of nitrogens with zero attached hydrogens (tertiary/aromatic N) is 2. The van der Waals surface area contributed by atoms with E-state index in [1.165, 1.54) is 0 Å². The highest BCUT2D eigenvalue weighted by atomic mass is 16.6. The number of phenolic OH excluding ortho intramolecular Hbond substituents is 1. The quantitative estimate of drug-likeness (QED) is 0.876. The van der Waals surface area contributed by atoms with Crippen LogP contribution < -0.4 is 0 Å². The summed E-state index contributed by atoms with van der Waals surface area (Å²) in [5, 5.41) is 13.7. The van der Waals surface area contributed by atoms with Crippen molar-refractivity contribution in [2.24, 2.45) is 5.16 Å². The normalized spacial score (nSPS) is 22.2. The molecule has 3 rings (SSSR count). The Balaban J connectivity index is 1.69. The first-order chi connectivity index (χ1) is 9.25. The van der Waals surface area contributed by atoms with Crippen molar-refractivity contribution in [3.8, 4) is 5.75 Å². The lowest BCUT2D eigenvalue weighted by atomic mass is 10.0. The summed E-state index contributed by atoms with van der Waals surface area (Å²) in [4.78, 5) is 19.2. The zero-order chi connectivity index (χ0) is 13.2. The second kappa shape index (κ2) is 4.91. The van der Waals surface area contributed by atoms with E-state index in [9.17, 15) is 9.90 Å². The van der Waals surface area contributed by atoms with E-state index >= 15 is 0 Å². The first-order valence-corrected chi connectivity index (χ1v) is 6.55. The number of rotatable bonds is 2. The minimum Gasteiger partial charge on any atom is -0.507 e. The first-order valence-electron chi connectivity index (χ1n) is 6.55. The molecule has 1 N–H and O–H groups in total. The van der Waals surface area contributed by atoms with Crippen molar-refractivity contribution in [3.05, 3.63) is 29.8 Å². The van der Waals surface area contributed by atoms with Crippen LogP contribution >= 0.6 is 0 Å². The van der Waals surface area contributed by atoms with Gasteiger partial charge in [0.2, 0.25) is 6.10 Å². The molecule has 0 aromatic heterocycles. The third-order valence-electron chi connectivity index (χ3n) is 3.58. The zero-order valence-corrected chi connectivity index (χ0v) is 10.6. The van der Waals surface area contributed by atoms with Crippen LogP contribution in [-0.2, 0) is 9.63 Å². The molecule has 1 saturated heterocycles. The van der Waals surface area contributed by atoms with Gasteiger partial charge in [-0.2, -0.15) is 0 Å². The van der Waals surface area contributed by atoms with E-state index in [-0.39, 0.29) is 11.7 Å². The van der Waals surface area contributed by atoms with Gasteiger partial charge in [-0.05, 0) is 25.0 Å². The van der Waals surface area contributed by atoms with E-state index < -0.39 is 6.10 Å². The Hall–Kier alpha value is -2.04. The fourth-order valence-electron chi connectivity index (χ4n) is 2.53. The highest BCUT2D eigenvalue weighted by molar-refractivity contribution is 6.05. The smallest absolute Gasteiger partial charge is 0.266 e. The summed E-state index contributed by atoms with van der Waals surface area (Å²) in [5.74, 6) is 0.172. The first kappa shape index (κ1) is 12.0. The fraction of sp³-hybridized carbons (Fsp3) is 0.429. The fourth-order valence-corrected chi connectivity index (χ4v) is 2.53. The lowest BCUT2D eigenvalue weighted by Crippen LogP contribution is -2.37. The van der Waals surface area contributed by atoms with Crippen LogP contribution in [0.25, 0.3) is 0 Å². The number of aromatic hydroxyl groups is 1. The van der Waals surface area contributed by atoms with Gasteiger partial charge in [-0.1, -0.05) is 17.3 Å². The Kier molecular flexibility index (Phi) is 3.11. The van der Waals surface area contributed by atoms with E-state index in [0.29, 0.717) is 17.7 Å². The topological polar surface area (TPSA) is 62.1 Å². The van der Waals surface area contributed by atoms with Gasteiger partial charge in [0.1, 0.15) is 5.75 Å². The maximum Gasteiger partial charge on any atom is 0.266 e. The standard InChI is InChI=1S/C14H16N2O3/c17-12-6-2-1-5-10(12)11-9-13(19-15-11)14(18)16-7-3-4-8-16/h1-2,5-6,13,17H,3-4,7-9H2. The molecule has 1 atom stereocenters. The summed E-state index contributed by atoms with van der Waals surface area (Å²) in [5.41, 5.74) is 1.27. The zero-order valence-electron chi connectivity index (χ0n) is 10.6. The molecule has 0 aliphatic carbocycles. The molecular formula is C14H16N2O3. The van der Waals surface area contributed by atoms with Crippen molar-refractivity contribution in [3.63, 3.8) is 0 Å². The van der Waals surface area contributed by atoms with Crippen molar-refractivity contribution in [1.82, 2.24) is 4.90 Å². The van der Waals surface area contributed by atoms with Crippen molar-refractivity contribution < 1.29 is 14.7 Å². The number of carbonyl (C=O) groups is 1. The van der Waals surface area contributed by atoms with Crippen LogP contribution in [0.4, 0.5) is 0 Å². The van der Waals surface area contributed by atoms with Crippen LogP contribution in [0.1, 0.15) is 24.8 Å². The molecule has 1 fully saturated rings. The molecular weight excluding hydrogens is 244 g/mol. The molecule has 2 aliphatic heterocycles. The van der Waals surface area contributed by atoms with Gasteiger partial charge in [-0.15, -0.1) is 0 Å². The van der Waals surface area contributed by atoms with E-state index in [1.54, 1.807) is 18.2 Å². The van der Waals surface area contributed by atoms with Crippen LogP contribution in [0.15, 0.2) is 29.4 Å². The SMILES string of the molecule is O=C(C1CC(c2ccccc2O)=NO1)N1CCCC1. The number of likely N-dealkylation sites (tertiary alicyclic amines) is 1. The summed E-state index contributed by atoms with van der Waals surface area (Å²) in [6.45, 7) is 1.62. The van der Waals surface area contributed by atoms with Gasteiger partial charge in [-0.25, -0.2) is 0 Å². The van der Waals surface area contributed by atoms with Crippen molar-refractivity contribution in [2.75, 3.05) is 13.1 Å². The molecule has 100 valence electrons. The molecule has 19 heavy (non-hydrogen) atoms. The number of phenols is 1. The van der Waals surface area contributed by atoms with Gasteiger partial charge >= 0.3 is 0 Å². The number of para-hydroxylation sites is 1. The lowest BCUT2D eigenvalue weighted by Gasteiger charge is -2.18. The van der Waals surface area contributed by atoms with Crippen molar-refractivity contribution in [1.29, 1.82) is 0 Å². The predicted octanol–water partition coefficient (Wildman–Crippen LogP) is 1.51. The Morgan fingerprint density at radius 3 is 2.79 bits per heavy atom. The van der Waals surface area contributed by atoms with Crippen LogP contribution in [0, 0.1) is 0 Å². The molecule has 1 aromatic carbocycles. The molecule has 1 aromatic rings. The molecule has 0 radical (unpaired) electrons. The Morgan fingerprint density at radius 2 is 2.05 bits per heavy atom. The largest absolute Gasteiger partial charge is 0.507 e. The monoisotopic (exact) mass is 260 g/mol. The minimum absolute atomic E-state index is 0.00618. The summed E-state index contributed by atoms with van der Waals surface area (Å²) < 4.78 is 0. The van der Waals surface area contributed by atoms with Gasteiger partial charge in [0, 0.05) is 25.1 Å². The number of amides is 1. The average molecular weight is 260 g/mol. The minimum atomic E-state index is -0.535. The molecule has 1 amide bonds. The van der Waals surface area contributed by atoms with Gasteiger partial charge in [0.05, 0.1) is 5.71 Å². The van der Waals surface area contributed by atoms with E-state index in [0.717, 1.165) is 25.9 Å². The van der Waals surface area contributed by atoms with Crippen LogP contribution in [-0.4, -0.2) is 40.8 Å². The number of hydrogen-bond acceptors (Lipinski definition) is 4. The Bertz CT molecular complexity index is 521. The van der Waals surface area contributed by atoms with Crippen molar-refractivity contribution in [2.45, 2.75) is 25.4 Å². The maximum absolute atomic E-state index is 12.2. The average Bonchev–Trinajstić information content (AvgIpc) is 3.10. The van der Waals surface area contributed by atoms with E-state index in [2.05, 4.69) is 5.16 Å². The third-order valence-corrected chi connectivity index (χ3v) is 3.58. The summed E-state index contributed by atoms with van der Waals surface area (Å²) in [6.07, 6.45) is 2.01. The van der Waals surface area contributed by atoms with Gasteiger partial charge < -0.3 is 14.8 Å². The molecule has 0 bridgehead atoms. The van der Waals surface area contributed by atoms with Gasteiger partial charge in [0.25, 0.3) is 5.91 Å². The van der Waals surface area contributed by atoms with Crippen LogP contribution in [0.2, 0.25) is 0 Å². The molecule has 1 unspecified atom stereocenters. The number of benzene rings is 1. The molecule has 5 nitrogen and oxygen atoms in total. The highest BCUT2D eigenvalue weighted by Crippen LogP contribution is 2.25. The second-order valence-electron chi connectivity index (χ2n) is 4.89. The molecule has 5 heteroatoms. The van der Waals surface area contributed by atoms with E-state index in [4.69, 9.17) is 4.84 Å². The molecule has 0 saturated carbocycles. The summed E-state index contributed by atoms with van der Waals surface area (Å²) in [6, 6.07) is 6.96. The number of oxime groups is 1. The van der Waals surface area contributed by atoms with Gasteiger partial charge in [0.15, 0.2) is 0 Å². The maximum atomic E-state index is 12.2. The predicted molar refractivity (Wildman–Crippen MR) is 69.9 cm³/mol. The molecule has 2 aliphatic rings. The number of hydrogen-bond donors (Lipinski definition) is 1. The van der Waals surface area contributed by atoms with E-state index in [1.807, 2.05) is 11.0 Å².